The second kappa shape index (κ2) is 6.15. The number of fused-ring (bicyclic) bond motifs is 1. The third-order valence-electron chi connectivity index (χ3n) is 3.39. The zero-order valence-electron chi connectivity index (χ0n) is 11.7. The van der Waals surface area contributed by atoms with Crippen molar-refractivity contribution >= 4 is 28.3 Å². The molecule has 1 aliphatic heterocycles. The van der Waals surface area contributed by atoms with Crippen molar-refractivity contribution in [3.63, 3.8) is 0 Å². The summed E-state index contributed by atoms with van der Waals surface area (Å²) in [6, 6.07) is 7.71. The van der Waals surface area contributed by atoms with Crippen LogP contribution < -0.4 is 15.8 Å². The maximum absolute atomic E-state index is 12.3. The first kappa shape index (κ1) is 14.5. The number of rotatable bonds is 4. The van der Waals surface area contributed by atoms with E-state index in [1.54, 1.807) is 5.38 Å². The highest BCUT2D eigenvalue weighted by Crippen LogP contribution is 2.27. The number of carbonyl (C=O) groups excluding carboxylic acids is 2. The summed E-state index contributed by atoms with van der Waals surface area (Å²) in [6.07, 6.45) is 0.716. The van der Waals surface area contributed by atoms with Crippen LogP contribution in [-0.2, 0) is 22.4 Å². The summed E-state index contributed by atoms with van der Waals surface area (Å²) in [6.45, 7) is 0.350. The first-order chi connectivity index (χ1) is 10.6. The molecule has 2 amide bonds. The summed E-state index contributed by atoms with van der Waals surface area (Å²) in [4.78, 5) is 27.3. The van der Waals surface area contributed by atoms with E-state index in [-0.39, 0.29) is 18.2 Å². The van der Waals surface area contributed by atoms with Crippen molar-refractivity contribution in [1.82, 2.24) is 4.98 Å². The lowest BCUT2D eigenvalue weighted by Crippen LogP contribution is -2.32. The average Bonchev–Trinajstić information content (AvgIpc) is 2.93. The van der Waals surface area contributed by atoms with Gasteiger partial charge in [-0.3, -0.25) is 9.59 Å². The van der Waals surface area contributed by atoms with Crippen molar-refractivity contribution in [3.8, 4) is 5.75 Å². The molecular weight excluding hydrogens is 302 g/mol. The lowest BCUT2D eigenvalue weighted by atomic mass is 9.96. The van der Waals surface area contributed by atoms with Gasteiger partial charge in [-0.2, -0.15) is 0 Å². The van der Waals surface area contributed by atoms with Gasteiger partial charge in [-0.1, -0.05) is 18.2 Å². The van der Waals surface area contributed by atoms with Crippen LogP contribution in [-0.4, -0.2) is 23.4 Å². The molecule has 2 aromatic rings. The number of nitrogens with one attached hydrogen (secondary N) is 1. The molecule has 22 heavy (non-hydrogen) atoms. The van der Waals surface area contributed by atoms with E-state index < -0.39 is 5.91 Å². The Labute approximate surface area is 131 Å². The van der Waals surface area contributed by atoms with Crippen LogP contribution in [0.4, 0.5) is 5.13 Å². The Morgan fingerprint density at radius 3 is 3.05 bits per heavy atom. The number of amides is 2. The number of carbonyl (C=O) groups is 2. The predicted octanol–water partition coefficient (Wildman–Crippen LogP) is 1.36. The van der Waals surface area contributed by atoms with E-state index in [4.69, 9.17) is 10.5 Å². The molecule has 0 aliphatic carbocycles. The minimum absolute atomic E-state index is 0.0757. The van der Waals surface area contributed by atoms with Crippen LogP contribution in [0.1, 0.15) is 11.3 Å². The molecule has 1 aromatic heterocycles. The second-order valence-electron chi connectivity index (χ2n) is 5.10. The number of thiazole rings is 1. The van der Waals surface area contributed by atoms with Crippen LogP contribution in [0.15, 0.2) is 29.6 Å². The van der Waals surface area contributed by atoms with E-state index >= 15 is 0 Å². The second-order valence-corrected chi connectivity index (χ2v) is 5.95. The molecule has 1 aliphatic rings. The number of nitrogens with zero attached hydrogens (tertiary/aromatic N) is 1. The Morgan fingerprint density at radius 2 is 2.23 bits per heavy atom. The van der Waals surface area contributed by atoms with Crippen LogP contribution >= 0.6 is 11.3 Å². The largest absolute Gasteiger partial charge is 0.492 e. The van der Waals surface area contributed by atoms with Gasteiger partial charge in [0.1, 0.15) is 12.4 Å². The van der Waals surface area contributed by atoms with Crippen LogP contribution in [0.5, 0.6) is 5.75 Å². The summed E-state index contributed by atoms with van der Waals surface area (Å²) in [5, 5.41) is 4.96. The van der Waals surface area contributed by atoms with Gasteiger partial charge in [0.05, 0.1) is 18.0 Å². The van der Waals surface area contributed by atoms with E-state index in [0.29, 0.717) is 23.9 Å². The van der Waals surface area contributed by atoms with Gasteiger partial charge in [-0.25, -0.2) is 4.98 Å². The highest BCUT2D eigenvalue weighted by Gasteiger charge is 2.26. The monoisotopic (exact) mass is 317 g/mol. The minimum atomic E-state index is -0.444. The Bertz CT molecular complexity index is 714. The molecule has 1 aromatic carbocycles. The zero-order valence-corrected chi connectivity index (χ0v) is 12.6. The third-order valence-corrected chi connectivity index (χ3v) is 4.19. The number of benzene rings is 1. The van der Waals surface area contributed by atoms with Crippen molar-refractivity contribution in [3.05, 3.63) is 40.9 Å². The van der Waals surface area contributed by atoms with Crippen LogP contribution in [0.2, 0.25) is 0 Å². The molecule has 3 N–H and O–H groups in total. The van der Waals surface area contributed by atoms with Gasteiger partial charge in [0.2, 0.25) is 11.8 Å². The Hall–Kier alpha value is -2.41. The summed E-state index contributed by atoms with van der Waals surface area (Å²) in [5.74, 6) is 0.0119. The van der Waals surface area contributed by atoms with Crippen molar-refractivity contribution in [2.75, 3.05) is 11.9 Å². The van der Waals surface area contributed by atoms with Crippen LogP contribution in [0, 0.1) is 5.92 Å². The third kappa shape index (κ3) is 3.25. The van der Waals surface area contributed by atoms with Crippen molar-refractivity contribution in [2.24, 2.45) is 11.7 Å². The number of anilines is 1. The lowest BCUT2D eigenvalue weighted by Gasteiger charge is -2.24. The molecule has 3 rings (SSSR count). The van der Waals surface area contributed by atoms with Gasteiger partial charge in [0, 0.05) is 5.38 Å². The van der Waals surface area contributed by atoms with E-state index in [0.717, 1.165) is 11.3 Å². The number of hydrogen-bond donors (Lipinski definition) is 2. The van der Waals surface area contributed by atoms with E-state index in [1.165, 1.54) is 11.3 Å². The maximum atomic E-state index is 12.3. The quantitative estimate of drug-likeness (QED) is 0.890. The molecule has 2 heterocycles. The average molecular weight is 317 g/mol. The SMILES string of the molecule is NC(=O)Cc1csc(NC(=O)[C@H]2COc3ccccc3C2)n1. The first-order valence-corrected chi connectivity index (χ1v) is 7.74. The number of nitrogens with two attached hydrogens (primary N) is 1. The van der Waals surface area contributed by atoms with Crippen LogP contribution in [0.25, 0.3) is 0 Å². The number of hydrogen-bond acceptors (Lipinski definition) is 5. The Morgan fingerprint density at radius 1 is 1.41 bits per heavy atom. The molecule has 0 fully saturated rings. The van der Waals surface area contributed by atoms with Crippen molar-refractivity contribution in [2.45, 2.75) is 12.8 Å². The minimum Gasteiger partial charge on any atom is -0.492 e. The van der Waals surface area contributed by atoms with E-state index in [1.807, 2.05) is 24.3 Å². The van der Waals surface area contributed by atoms with Crippen molar-refractivity contribution < 1.29 is 14.3 Å². The van der Waals surface area contributed by atoms with E-state index in [2.05, 4.69) is 10.3 Å². The van der Waals surface area contributed by atoms with Gasteiger partial charge in [0.25, 0.3) is 0 Å². The number of aromatic nitrogens is 1. The molecule has 0 radical (unpaired) electrons. The van der Waals surface area contributed by atoms with Crippen LogP contribution in [0.3, 0.4) is 0 Å². The molecule has 0 saturated heterocycles. The lowest BCUT2D eigenvalue weighted by molar-refractivity contribution is -0.121. The molecular formula is C15H15N3O3S. The Balaban J connectivity index is 1.63. The fourth-order valence-electron chi connectivity index (χ4n) is 2.33. The van der Waals surface area contributed by atoms with Gasteiger partial charge in [-0.15, -0.1) is 11.3 Å². The molecule has 7 heteroatoms. The zero-order chi connectivity index (χ0) is 15.5. The number of ether oxygens (including phenoxy) is 1. The van der Waals surface area contributed by atoms with Gasteiger partial charge < -0.3 is 15.8 Å². The topological polar surface area (TPSA) is 94.3 Å². The predicted molar refractivity (Wildman–Crippen MR) is 82.8 cm³/mol. The molecule has 1 atom stereocenters. The number of primary amides is 1. The first-order valence-electron chi connectivity index (χ1n) is 6.86. The summed E-state index contributed by atoms with van der Waals surface area (Å²) < 4.78 is 5.61. The molecule has 0 bridgehead atoms. The summed E-state index contributed by atoms with van der Waals surface area (Å²) >= 11 is 1.28. The normalized spacial score (nSPS) is 16.5. The van der Waals surface area contributed by atoms with Gasteiger partial charge in [-0.05, 0) is 18.1 Å². The fourth-order valence-corrected chi connectivity index (χ4v) is 3.04. The van der Waals surface area contributed by atoms with E-state index in [9.17, 15) is 9.59 Å². The smallest absolute Gasteiger partial charge is 0.233 e. The maximum Gasteiger partial charge on any atom is 0.233 e. The van der Waals surface area contributed by atoms with Gasteiger partial charge >= 0.3 is 0 Å². The molecule has 0 unspecified atom stereocenters. The summed E-state index contributed by atoms with van der Waals surface area (Å²) in [7, 11) is 0. The number of para-hydroxylation sites is 1. The highest BCUT2D eigenvalue weighted by atomic mass is 32.1. The van der Waals surface area contributed by atoms with Gasteiger partial charge in [0.15, 0.2) is 5.13 Å². The standard InChI is InChI=1S/C15H15N3O3S/c16-13(19)6-11-8-22-15(17-11)18-14(20)10-5-9-3-1-2-4-12(9)21-7-10/h1-4,8,10H,5-7H2,(H2,16,19)(H,17,18,20)/t10-/m1/s1. The Kier molecular flexibility index (Phi) is 4.06. The molecule has 114 valence electrons. The fraction of sp³-hybridized carbons (Fsp3) is 0.267. The molecule has 0 spiro atoms. The molecule has 6 nitrogen and oxygen atoms in total. The summed E-state index contributed by atoms with van der Waals surface area (Å²) in [5.41, 5.74) is 6.72. The van der Waals surface area contributed by atoms with Crippen molar-refractivity contribution in [1.29, 1.82) is 0 Å². The highest BCUT2D eigenvalue weighted by molar-refractivity contribution is 7.13. The molecule has 0 saturated carbocycles.